The Kier molecular flexibility index (Phi) is 4.54. The Morgan fingerprint density at radius 3 is 2.40 bits per heavy atom. The van der Waals surface area contributed by atoms with Crippen molar-refractivity contribution in [2.45, 2.75) is 51.1 Å². The van der Waals surface area contributed by atoms with E-state index in [2.05, 4.69) is 19.2 Å². The molecule has 0 spiro atoms. The molecule has 0 atom stereocenters. The molecular weight excluding hydrogens is 192 g/mol. The Morgan fingerprint density at radius 2 is 1.93 bits per heavy atom. The minimum absolute atomic E-state index is 0.0144. The zero-order valence-corrected chi connectivity index (χ0v) is 9.71. The van der Waals surface area contributed by atoms with E-state index in [-0.39, 0.29) is 11.9 Å². The number of ether oxygens (including phenoxy) is 1. The summed E-state index contributed by atoms with van der Waals surface area (Å²) < 4.78 is 5.21. The second kappa shape index (κ2) is 5.47. The second-order valence-electron chi connectivity index (χ2n) is 4.26. The molecule has 1 aliphatic rings. The predicted octanol–water partition coefficient (Wildman–Crippen LogP) is 0.799. The molecule has 0 aromatic carbocycles. The van der Waals surface area contributed by atoms with E-state index in [1.54, 1.807) is 0 Å². The maximum Gasteiger partial charge on any atom is 0.240 e. The van der Waals surface area contributed by atoms with Crippen LogP contribution >= 0.6 is 0 Å². The van der Waals surface area contributed by atoms with Crippen molar-refractivity contribution in [2.24, 2.45) is 5.73 Å². The van der Waals surface area contributed by atoms with Gasteiger partial charge in [0.1, 0.15) is 0 Å². The largest absolute Gasteiger partial charge is 0.381 e. The molecule has 0 aromatic rings. The van der Waals surface area contributed by atoms with E-state index in [0.717, 1.165) is 12.8 Å². The quantitative estimate of drug-likeness (QED) is 0.727. The van der Waals surface area contributed by atoms with Crippen molar-refractivity contribution >= 4 is 5.91 Å². The fourth-order valence-electron chi connectivity index (χ4n) is 1.78. The molecule has 0 saturated carbocycles. The molecule has 3 N–H and O–H groups in total. The first-order valence-corrected chi connectivity index (χ1v) is 5.80. The molecule has 88 valence electrons. The molecule has 0 radical (unpaired) electrons. The highest BCUT2D eigenvalue weighted by molar-refractivity contribution is 5.86. The first-order valence-electron chi connectivity index (χ1n) is 5.80. The van der Waals surface area contributed by atoms with Gasteiger partial charge in [0.25, 0.3) is 0 Å². The summed E-state index contributed by atoms with van der Waals surface area (Å²) in [4.78, 5) is 12.0. The number of hydrogen-bond acceptors (Lipinski definition) is 3. The number of amides is 1. The van der Waals surface area contributed by atoms with E-state index in [0.29, 0.717) is 26.1 Å². The number of nitrogens with one attached hydrogen (secondary N) is 1. The highest BCUT2D eigenvalue weighted by Gasteiger charge is 2.36. The molecule has 0 aromatic heterocycles. The minimum Gasteiger partial charge on any atom is -0.381 e. The highest BCUT2D eigenvalue weighted by Crippen LogP contribution is 2.18. The summed E-state index contributed by atoms with van der Waals surface area (Å²) in [6, 6.07) is 0.251. The average molecular weight is 214 g/mol. The lowest BCUT2D eigenvalue weighted by atomic mass is 9.90. The van der Waals surface area contributed by atoms with E-state index in [1.807, 2.05) is 0 Å². The Morgan fingerprint density at radius 1 is 1.40 bits per heavy atom. The van der Waals surface area contributed by atoms with Crippen LogP contribution in [0.2, 0.25) is 0 Å². The van der Waals surface area contributed by atoms with Crippen LogP contribution in [0.1, 0.15) is 39.5 Å². The van der Waals surface area contributed by atoms with E-state index in [4.69, 9.17) is 10.5 Å². The van der Waals surface area contributed by atoms with Crippen molar-refractivity contribution in [3.63, 3.8) is 0 Å². The molecule has 1 saturated heterocycles. The number of nitrogens with two attached hydrogens (primary N) is 1. The van der Waals surface area contributed by atoms with E-state index >= 15 is 0 Å². The standard InChI is InChI=1S/C11H22N2O2/c1-3-9(4-2)13-10(14)11(12)5-7-15-8-6-11/h9H,3-8,12H2,1-2H3,(H,13,14). The van der Waals surface area contributed by atoms with Gasteiger partial charge in [-0.05, 0) is 25.7 Å². The summed E-state index contributed by atoms with van der Waals surface area (Å²) in [5.74, 6) is -0.0144. The molecule has 0 aliphatic carbocycles. The van der Waals surface area contributed by atoms with E-state index < -0.39 is 5.54 Å². The lowest BCUT2D eigenvalue weighted by molar-refractivity contribution is -0.130. The molecule has 4 heteroatoms. The van der Waals surface area contributed by atoms with Gasteiger partial charge in [-0.15, -0.1) is 0 Å². The van der Waals surface area contributed by atoms with Gasteiger partial charge in [0, 0.05) is 19.3 Å². The lowest BCUT2D eigenvalue weighted by Gasteiger charge is -2.33. The van der Waals surface area contributed by atoms with Crippen LogP contribution in [0.4, 0.5) is 0 Å². The van der Waals surface area contributed by atoms with Gasteiger partial charge < -0.3 is 15.8 Å². The fraction of sp³-hybridized carbons (Fsp3) is 0.909. The fourth-order valence-corrected chi connectivity index (χ4v) is 1.78. The van der Waals surface area contributed by atoms with Crippen LogP contribution in [0.3, 0.4) is 0 Å². The van der Waals surface area contributed by atoms with Crippen molar-refractivity contribution in [1.29, 1.82) is 0 Å². The van der Waals surface area contributed by atoms with E-state index in [1.165, 1.54) is 0 Å². The predicted molar refractivity (Wildman–Crippen MR) is 59.5 cm³/mol. The van der Waals surface area contributed by atoms with Gasteiger partial charge in [-0.1, -0.05) is 13.8 Å². The van der Waals surface area contributed by atoms with Crippen molar-refractivity contribution < 1.29 is 9.53 Å². The first kappa shape index (κ1) is 12.5. The maximum atomic E-state index is 12.0. The van der Waals surface area contributed by atoms with Gasteiger partial charge >= 0.3 is 0 Å². The van der Waals surface area contributed by atoms with Gasteiger partial charge in [-0.3, -0.25) is 4.79 Å². The summed E-state index contributed by atoms with van der Waals surface area (Å²) in [5.41, 5.74) is 5.36. The summed E-state index contributed by atoms with van der Waals surface area (Å²) in [6.45, 7) is 5.32. The first-order chi connectivity index (χ1) is 7.12. The molecule has 1 amide bonds. The molecule has 0 unspecified atom stereocenters. The van der Waals surface area contributed by atoms with Crippen LogP contribution in [-0.2, 0) is 9.53 Å². The van der Waals surface area contributed by atoms with Crippen molar-refractivity contribution in [3.05, 3.63) is 0 Å². The molecule has 15 heavy (non-hydrogen) atoms. The van der Waals surface area contributed by atoms with Crippen LogP contribution in [0.15, 0.2) is 0 Å². The minimum atomic E-state index is -0.707. The molecule has 1 aliphatic heterocycles. The van der Waals surface area contributed by atoms with Gasteiger partial charge in [0.05, 0.1) is 5.54 Å². The Labute approximate surface area is 91.5 Å². The highest BCUT2D eigenvalue weighted by atomic mass is 16.5. The monoisotopic (exact) mass is 214 g/mol. The van der Waals surface area contributed by atoms with Crippen LogP contribution in [0, 0.1) is 0 Å². The van der Waals surface area contributed by atoms with Gasteiger partial charge in [0.15, 0.2) is 0 Å². The molecule has 0 bridgehead atoms. The van der Waals surface area contributed by atoms with Crippen LogP contribution < -0.4 is 11.1 Å². The smallest absolute Gasteiger partial charge is 0.240 e. The van der Waals surface area contributed by atoms with Crippen molar-refractivity contribution in [3.8, 4) is 0 Å². The summed E-state index contributed by atoms with van der Waals surface area (Å²) >= 11 is 0. The van der Waals surface area contributed by atoms with Crippen LogP contribution in [0.5, 0.6) is 0 Å². The molecule has 4 nitrogen and oxygen atoms in total. The number of carbonyl (C=O) groups is 1. The zero-order chi connectivity index (χ0) is 11.3. The average Bonchev–Trinajstić information content (AvgIpc) is 2.26. The third-order valence-corrected chi connectivity index (χ3v) is 3.16. The van der Waals surface area contributed by atoms with Gasteiger partial charge in [-0.25, -0.2) is 0 Å². The summed E-state index contributed by atoms with van der Waals surface area (Å²) in [5, 5.41) is 3.01. The van der Waals surface area contributed by atoms with Gasteiger partial charge in [-0.2, -0.15) is 0 Å². The third-order valence-electron chi connectivity index (χ3n) is 3.16. The molecule has 1 rings (SSSR count). The maximum absolute atomic E-state index is 12.0. The Hall–Kier alpha value is -0.610. The lowest BCUT2D eigenvalue weighted by Crippen LogP contribution is -2.58. The molecule has 1 fully saturated rings. The Balaban J connectivity index is 2.50. The van der Waals surface area contributed by atoms with E-state index in [9.17, 15) is 4.79 Å². The second-order valence-corrected chi connectivity index (χ2v) is 4.26. The number of hydrogen-bond donors (Lipinski definition) is 2. The Bertz CT molecular complexity index is 209. The normalized spacial score (nSPS) is 20.3. The number of carbonyl (C=O) groups excluding carboxylic acids is 1. The molecular formula is C11H22N2O2. The zero-order valence-electron chi connectivity index (χ0n) is 9.71. The topological polar surface area (TPSA) is 64.4 Å². The van der Waals surface area contributed by atoms with Crippen molar-refractivity contribution in [2.75, 3.05) is 13.2 Å². The molecule has 1 heterocycles. The summed E-state index contributed by atoms with van der Waals surface area (Å²) in [7, 11) is 0. The van der Waals surface area contributed by atoms with Crippen LogP contribution in [0.25, 0.3) is 0 Å². The van der Waals surface area contributed by atoms with Crippen LogP contribution in [-0.4, -0.2) is 30.7 Å². The van der Waals surface area contributed by atoms with Crippen molar-refractivity contribution in [1.82, 2.24) is 5.32 Å². The third kappa shape index (κ3) is 3.18. The number of rotatable bonds is 4. The van der Waals surface area contributed by atoms with Gasteiger partial charge in [0.2, 0.25) is 5.91 Å². The summed E-state index contributed by atoms with van der Waals surface area (Å²) in [6.07, 6.45) is 3.15. The SMILES string of the molecule is CCC(CC)NC(=O)C1(N)CCOCC1.